The molecule has 0 spiro atoms. The van der Waals surface area contributed by atoms with Gasteiger partial charge in [-0.2, -0.15) is 0 Å². The second-order valence-corrected chi connectivity index (χ2v) is 2.77. The summed E-state index contributed by atoms with van der Waals surface area (Å²) in [5, 5.41) is 16.5. The summed E-state index contributed by atoms with van der Waals surface area (Å²) in [7, 11) is 0. The predicted octanol–water partition coefficient (Wildman–Crippen LogP) is 1.83. The van der Waals surface area contributed by atoms with Crippen molar-refractivity contribution in [2.45, 2.75) is 25.7 Å². The first kappa shape index (κ1) is 12.4. The number of carboxylic acids is 2. The second kappa shape index (κ2) is 8.04. The Morgan fingerprint density at radius 3 is 1.50 bits per heavy atom. The van der Waals surface area contributed by atoms with Gasteiger partial charge in [0.25, 0.3) is 0 Å². The molecule has 0 amide bonds. The zero-order valence-corrected chi connectivity index (χ0v) is 7.85. The van der Waals surface area contributed by atoms with Crippen molar-refractivity contribution in [2.75, 3.05) is 0 Å². The van der Waals surface area contributed by atoms with Gasteiger partial charge in [-0.3, -0.25) is 0 Å². The van der Waals surface area contributed by atoms with Crippen molar-refractivity contribution in [3.63, 3.8) is 0 Å². The van der Waals surface area contributed by atoms with E-state index in [0.717, 1.165) is 25.0 Å². The standard InChI is InChI=1S/C10H14O4/c11-9(12)7-5-3-1-2-4-6-8-10(13)14/h5-8H,1-4H2,(H,11,12)(H,13,14). The van der Waals surface area contributed by atoms with Gasteiger partial charge in [-0.25, -0.2) is 9.59 Å². The van der Waals surface area contributed by atoms with E-state index in [1.165, 1.54) is 0 Å². The van der Waals surface area contributed by atoms with Crippen LogP contribution < -0.4 is 0 Å². The highest BCUT2D eigenvalue weighted by Gasteiger charge is 1.88. The molecular formula is C10H14O4. The Morgan fingerprint density at radius 1 is 0.857 bits per heavy atom. The van der Waals surface area contributed by atoms with Crippen LogP contribution >= 0.6 is 0 Å². The summed E-state index contributed by atoms with van der Waals surface area (Å²) in [5.74, 6) is -1.87. The van der Waals surface area contributed by atoms with E-state index in [1.807, 2.05) is 0 Å². The Kier molecular flexibility index (Phi) is 7.13. The molecule has 4 nitrogen and oxygen atoms in total. The maximum Gasteiger partial charge on any atom is 0.327 e. The molecule has 78 valence electrons. The fourth-order valence-corrected chi connectivity index (χ4v) is 0.893. The quantitative estimate of drug-likeness (QED) is 0.483. The second-order valence-electron chi connectivity index (χ2n) is 2.77. The Labute approximate surface area is 82.6 Å². The number of hydrogen-bond donors (Lipinski definition) is 2. The number of rotatable bonds is 7. The minimum Gasteiger partial charge on any atom is -0.478 e. The average molecular weight is 198 g/mol. The third kappa shape index (κ3) is 10.4. The van der Waals surface area contributed by atoms with Crippen LogP contribution in [0.4, 0.5) is 0 Å². The number of unbranched alkanes of at least 4 members (excludes halogenated alkanes) is 3. The molecule has 0 aromatic carbocycles. The van der Waals surface area contributed by atoms with Gasteiger partial charge in [0.05, 0.1) is 0 Å². The monoisotopic (exact) mass is 198 g/mol. The highest BCUT2D eigenvalue weighted by Crippen LogP contribution is 2.01. The predicted molar refractivity (Wildman–Crippen MR) is 52.0 cm³/mol. The maximum absolute atomic E-state index is 10.0. The number of carboxylic acid groups (broad SMARTS) is 2. The van der Waals surface area contributed by atoms with Crippen LogP contribution in [0.3, 0.4) is 0 Å². The van der Waals surface area contributed by atoms with Crippen molar-refractivity contribution in [2.24, 2.45) is 0 Å². The fraction of sp³-hybridized carbons (Fsp3) is 0.400. The normalized spacial score (nSPS) is 11.1. The number of aliphatic carboxylic acids is 2. The maximum atomic E-state index is 10.0. The zero-order chi connectivity index (χ0) is 10.8. The molecule has 14 heavy (non-hydrogen) atoms. The molecule has 0 radical (unpaired) electrons. The van der Waals surface area contributed by atoms with E-state index in [0.29, 0.717) is 12.8 Å². The molecule has 0 fully saturated rings. The highest BCUT2D eigenvalue weighted by atomic mass is 16.4. The fourth-order valence-electron chi connectivity index (χ4n) is 0.893. The smallest absolute Gasteiger partial charge is 0.327 e. The molecule has 4 heteroatoms. The lowest BCUT2D eigenvalue weighted by molar-refractivity contribution is -0.132. The van der Waals surface area contributed by atoms with Crippen molar-refractivity contribution in [3.05, 3.63) is 24.3 Å². The molecule has 0 aliphatic rings. The van der Waals surface area contributed by atoms with E-state index in [4.69, 9.17) is 10.2 Å². The van der Waals surface area contributed by atoms with E-state index >= 15 is 0 Å². The van der Waals surface area contributed by atoms with E-state index in [1.54, 1.807) is 12.2 Å². The number of carbonyl (C=O) groups is 2. The van der Waals surface area contributed by atoms with Crippen LogP contribution in [-0.4, -0.2) is 22.2 Å². The summed E-state index contributed by atoms with van der Waals surface area (Å²) in [6, 6.07) is 0. The summed E-state index contributed by atoms with van der Waals surface area (Å²) in [4.78, 5) is 20.1. The third-order valence-electron chi connectivity index (χ3n) is 1.51. The Balaban J connectivity index is 3.30. The first-order valence-electron chi connectivity index (χ1n) is 4.42. The van der Waals surface area contributed by atoms with Crippen molar-refractivity contribution >= 4 is 11.9 Å². The molecule has 0 bridgehead atoms. The van der Waals surface area contributed by atoms with Gasteiger partial charge >= 0.3 is 11.9 Å². The average Bonchev–Trinajstić information content (AvgIpc) is 2.08. The van der Waals surface area contributed by atoms with Crippen molar-refractivity contribution < 1.29 is 19.8 Å². The topological polar surface area (TPSA) is 74.6 Å². The lowest BCUT2D eigenvalue weighted by atomic mass is 10.2. The Morgan fingerprint density at radius 2 is 1.21 bits per heavy atom. The van der Waals surface area contributed by atoms with Gasteiger partial charge in [0.1, 0.15) is 0 Å². The molecule has 0 aliphatic carbocycles. The third-order valence-corrected chi connectivity index (χ3v) is 1.51. The summed E-state index contributed by atoms with van der Waals surface area (Å²) in [5.41, 5.74) is 0. The van der Waals surface area contributed by atoms with Crippen molar-refractivity contribution in [1.82, 2.24) is 0 Å². The lowest BCUT2D eigenvalue weighted by Gasteiger charge is -1.91. The van der Waals surface area contributed by atoms with Crippen LogP contribution in [0.5, 0.6) is 0 Å². The zero-order valence-electron chi connectivity index (χ0n) is 7.85. The molecule has 0 saturated carbocycles. The Hall–Kier alpha value is -1.58. The van der Waals surface area contributed by atoms with Crippen LogP contribution in [0, 0.1) is 0 Å². The molecule has 0 aromatic rings. The van der Waals surface area contributed by atoms with Gasteiger partial charge in [-0.1, -0.05) is 12.2 Å². The van der Waals surface area contributed by atoms with Gasteiger partial charge in [0.15, 0.2) is 0 Å². The molecule has 0 aromatic heterocycles. The van der Waals surface area contributed by atoms with Gasteiger partial charge in [-0.05, 0) is 25.7 Å². The van der Waals surface area contributed by atoms with E-state index in [-0.39, 0.29) is 0 Å². The van der Waals surface area contributed by atoms with Gasteiger partial charge in [0, 0.05) is 12.2 Å². The summed E-state index contributed by atoms with van der Waals surface area (Å²) < 4.78 is 0. The largest absolute Gasteiger partial charge is 0.478 e. The molecule has 0 unspecified atom stereocenters. The van der Waals surface area contributed by atoms with Crippen molar-refractivity contribution in [1.29, 1.82) is 0 Å². The van der Waals surface area contributed by atoms with Crippen LogP contribution in [-0.2, 0) is 9.59 Å². The van der Waals surface area contributed by atoms with Gasteiger partial charge < -0.3 is 10.2 Å². The van der Waals surface area contributed by atoms with Crippen LogP contribution in [0.2, 0.25) is 0 Å². The SMILES string of the molecule is O=C(O)C=CCCCCC=CC(=O)O. The van der Waals surface area contributed by atoms with Crippen LogP contribution in [0.25, 0.3) is 0 Å². The molecule has 2 N–H and O–H groups in total. The lowest BCUT2D eigenvalue weighted by Crippen LogP contribution is -1.86. The van der Waals surface area contributed by atoms with E-state index in [9.17, 15) is 9.59 Å². The molecule has 0 heterocycles. The van der Waals surface area contributed by atoms with E-state index < -0.39 is 11.9 Å². The first-order valence-corrected chi connectivity index (χ1v) is 4.42. The molecule has 0 rings (SSSR count). The summed E-state index contributed by atoms with van der Waals surface area (Å²) >= 11 is 0. The Bertz CT molecular complexity index is 215. The minimum atomic E-state index is -0.934. The molecule has 0 aliphatic heterocycles. The van der Waals surface area contributed by atoms with Gasteiger partial charge in [0.2, 0.25) is 0 Å². The summed E-state index contributed by atoms with van der Waals surface area (Å²) in [6.07, 6.45) is 8.61. The summed E-state index contributed by atoms with van der Waals surface area (Å²) in [6.45, 7) is 0. The molecule has 0 atom stereocenters. The number of hydrogen-bond acceptors (Lipinski definition) is 2. The van der Waals surface area contributed by atoms with Crippen LogP contribution in [0.1, 0.15) is 25.7 Å². The number of allylic oxidation sites excluding steroid dienone is 2. The highest BCUT2D eigenvalue weighted by molar-refractivity contribution is 5.79. The van der Waals surface area contributed by atoms with Crippen LogP contribution in [0.15, 0.2) is 24.3 Å². The molecule has 0 saturated heterocycles. The molecular weight excluding hydrogens is 184 g/mol. The van der Waals surface area contributed by atoms with Crippen molar-refractivity contribution in [3.8, 4) is 0 Å². The van der Waals surface area contributed by atoms with Gasteiger partial charge in [-0.15, -0.1) is 0 Å². The minimum absolute atomic E-state index is 0.715. The van der Waals surface area contributed by atoms with E-state index in [2.05, 4.69) is 0 Å². The first-order chi connectivity index (χ1) is 6.63.